The van der Waals surface area contributed by atoms with Crippen molar-refractivity contribution in [3.8, 4) is 5.88 Å². The number of ether oxygens (including phenoxy) is 1. The minimum atomic E-state index is -2.94. The Kier molecular flexibility index (Phi) is 3.24. The molecule has 0 aromatic carbocycles. The van der Waals surface area contributed by atoms with Crippen molar-refractivity contribution in [1.82, 2.24) is 15.6 Å². The van der Waals surface area contributed by atoms with Crippen LogP contribution >= 0.6 is 0 Å². The van der Waals surface area contributed by atoms with Gasteiger partial charge < -0.3 is 15.4 Å². The number of aromatic nitrogens is 1. The highest BCUT2D eigenvalue weighted by Gasteiger charge is 2.79. The van der Waals surface area contributed by atoms with Crippen LogP contribution in [-0.2, 0) is 6.54 Å². The van der Waals surface area contributed by atoms with E-state index in [9.17, 15) is 18.0 Å². The average molecular weight is 341 g/mol. The molecule has 4 fully saturated rings. The van der Waals surface area contributed by atoms with E-state index < -0.39 is 12.3 Å². The Morgan fingerprint density at radius 1 is 1.33 bits per heavy atom. The van der Waals surface area contributed by atoms with Gasteiger partial charge in [-0.25, -0.2) is 14.2 Å². The number of carbonyl (C=O) groups is 1. The third kappa shape index (κ3) is 2.48. The number of carbonyl (C=O) groups excluding carboxylic acids is 1. The Bertz CT molecular complexity index is 659. The van der Waals surface area contributed by atoms with Gasteiger partial charge in [-0.2, -0.15) is 8.78 Å². The summed E-state index contributed by atoms with van der Waals surface area (Å²) in [7, 11) is 0. The molecule has 5 rings (SSSR count). The molecule has 2 N–H and O–H groups in total. The molecule has 5 nitrogen and oxygen atoms in total. The predicted octanol–water partition coefficient (Wildman–Crippen LogP) is 2.91. The highest BCUT2D eigenvalue weighted by Crippen LogP contribution is 2.78. The lowest BCUT2D eigenvalue weighted by Crippen LogP contribution is -2.73. The van der Waals surface area contributed by atoms with Crippen LogP contribution in [0.3, 0.4) is 0 Å². The number of alkyl halides is 3. The molecule has 0 saturated heterocycles. The highest BCUT2D eigenvalue weighted by atomic mass is 19.3. The van der Waals surface area contributed by atoms with Crippen LogP contribution in [0.15, 0.2) is 18.3 Å². The summed E-state index contributed by atoms with van der Waals surface area (Å²) >= 11 is 0. The molecule has 4 saturated carbocycles. The van der Waals surface area contributed by atoms with E-state index in [1.165, 1.54) is 12.3 Å². The van der Waals surface area contributed by atoms with Gasteiger partial charge in [-0.3, -0.25) is 0 Å². The highest BCUT2D eigenvalue weighted by molar-refractivity contribution is 5.75. The van der Waals surface area contributed by atoms with E-state index in [1.54, 1.807) is 6.07 Å². The Morgan fingerprint density at radius 3 is 2.62 bits per heavy atom. The number of rotatable bonds is 6. The van der Waals surface area contributed by atoms with Gasteiger partial charge in [0, 0.05) is 29.8 Å². The van der Waals surface area contributed by atoms with Crippen LogP contribution in [0.25, 0.3) is 0 Å². The molecule has 2 amide bonds. The number of urea groups is 1. The first-order chi connectivity index (χ1) is 11.3. The van der Waals surface area contributed by atoms with E-state index >= 15 is 0 Å². The van der Waals surface area contributed by atoms with Gasteiger partial charge in [-0.05, 0) is 43.7 Å². The summed E-state index contributed by atoms with van der Waals surface area (Å²) < 4.78 is 42.3. The second kappa shape index (κ2) is 5.00. The number of halogens is 3. The van der Waals surface area contributed by atoms with Crippen molar-refractivity contribution >= 4 is 6.03 Å². The molecule has 8 heteroatoms. The van der Waals surface area contributed by atoms with Crippen molar-refractivity contribution in [3.63, 3.8) is 0 Å². The van der Waals surface area contributed by atoms with E-state index in [1.807, 2.05) is 0 Å². The van der Waals surface area contributed by atoms with E-state index in [-0.39, 0.29) is 29.4 Å². The summed E-state index contributed by atoms with van der Waals surface area (Å²) in [5, 5.41) is 5.71. The molecule has 2 bridgehead atoms. The minimum Gasteiger partial charge on any atom is -0.417 e. The number of hydrogen-bond acceptors (Lipinski definition) is 3. The van der Waals surface area contributed by atoms with Crippen LogP contribution in [0.2, 0.25) is 0 Å². The normalized spacial score (nSPS) is 31.7. The van der Waals surface area contributed by atoms with Gasteiger partial charge >= 0.3 is 12.6 Å². The fourth-order valence-electron chi connectivity index (χ4n) is 4.24. The molecule has 0 aliphatic heterocycles. The topological polar surface area (TPSA) is 63.2 Å². The molecule has 0 atom stereocenters. The van der Waals surface area contributed by atoms with E-state index in [2.05, 4.69) is 20.4 Å². The van der Waals surface area contributed by atoms with Crippen LogP contribution in [0.1, 0.15) is 37.7 Å². The fraction of sp³-hybridized carbons (Fsp3) is 0.625. The Labute approximate surface area is 137 Å². The van der Waals surface area contributed by atoms with Crippen LogP contribution in [-0.4, -0.2) is 28.8 Å². The molecule has 1 heterocycles. The van der Waals surface area contributed by atoms with Crippen LogP contribution in [0.5, 0.6) is 5.88 Å². The molecule has 1 aromatic heterocycles. The Hall–Kier alpha value is -1.99. The third-order valence-corrected chi connectivity index (χ3v) is 5.55. The maximum absolute atomic E-state index is 13.7. The minimum absolute atomic E-state index is 0.0476. The zero-order valence-corrected chi connectivity index (χ0v) is 12.9. The predicted molar refractivity (Wildman–Crippen MR) is 78.3 cm³/mol. The van der Waals surface area contributed by atoms with Crippen molar-refractivity contribution in [2.45, 2.75) is 56.5 Å². The largest absolute Gasteiger partial charge is 0.417 e. The van der Waals surface area contributed by atoms with Gasteiger partial charge in [0.1, 0.15) is 5.67 Å². The Morgan fingerprint density at radius 2 is 2.04 bits per heavy atom. The fourth-order valence-corrected chi connectivity index (χ4v) is 4.24. The molecule has 1 aromatic rings. The first-order valence-electron chi connectivity index (χ1n) is 7.99. The molecule has 4 aliphatic carbocycles. The van der Waals surface area contributed by atoms with Gasteiger partial charge in [-0.15, -0.1) is 0 Å². The molecule has 0 spiro atoms. The number of pyridine rings is 1. The maximum Gasteiger partial charge on any atom is 0.388 e. The summed E-state index contributed by atoms with van der Waals surface area (Å²) in [6, 6.07) is 2.64. The number of nitrogens with zero attached hydrogens (tertiary/aromatic N) is 1. The first kappa shape index (κ1) is 15.5. The number of nitrogens with one attached hydrogen (secondary N) is 2. The van der Waals surface area contributed by atoms with Crippen LogP contribution in [0.4, 0.5) is 18.0 Å². The lowest BCUT2D eigenvalue weighted by Gasteiger charge is -2.69. The van der Waals surface area contributed by atoms with Gasteiger partial charge in [0.15, 0.2) is 0 Å². The Balaban J connectivity index is 1.30. The summed E-state index contributed by atoms with van der Waals surface area (Å²) in [4.78, 5) is 15.8. The standard InChI is InChI=1S/C16H18F3N3O2/c17-12(18)24-11-5-10(1-4-20-11)6-21-13(23)22-16(2-3-16)14-7-15(19,8-14)9-14/h1,4-5,12H,2-3,6-9H2,(H2,21,22,23). The van der Waals surface area contributed by atoms with Crippen LogP contribution < -0.4 is 15.4 Å². The first-order valence-corrected chi connectivity index (χ1v) is 7.99. The van der Waals surface area contributed by atoms with Crippen molar-refractivity contribution in [3.05, 3.63) is 23.9 Å². The summed E-state index contributed by atoms with van der Waals surface area (Å²) in [6.07, 6.45) is 4.78. The molecular weight excluding hydrogens is 323 g/mol. The van der Waals surface area contributed by atoms with Crippen molar-refractivity contribution in [1.29, 1.82) is 0 Å². The van der Waals surface area contributed by atoms with Crippen LogP contribution in [0, 0.1) is 5.41 Å². The van der Waals surface area contributed by atoms with Gasteiger partial charge in [0.05, 0.1) is 0 Å². The van der Waals surface area contributed by atoms with Crippen molar-refractivity contribution in [2.24, 2.45) is 5.41 Å². The molecular formula is C16H18F3N3O2. The van der Waals surface area contributed by atoms with E-state index in [0.29, 0.717) is 24.8 Å². The van der Waals surface area contributed by atoms with E-state index in [0.717, 1.165) is 12.8 Å². The average Bonchev–Trinajstić information content (AvgIpc) is 3.21. The monoisotopic (exact) mass is 341 g/mol. The third-order valence-electron chi connectivity index (χ3n) is 5.55. The number of hydrogen-bond donors (Lipinski definition) is 2. The molecule has 24 heavy (non-hydrogen) atoms. The van der Waals surface area contributed by atoms with Gasteiger partial charge in [0.2, 0.25) is 5.88 Å². The van der Waals surface area contributed by atoms with Crippen molar-refractivity contribution < 1.29 is 22.7 Å². The van der Waals surface area contributed by atoms with E-state index in [4.69, 9.17) is 0 Å². The van der Waals surface area contributed by atoms with Gasteiger partial charge in [-0.1, -0.05) is 0 Å². The lowest BCUT2D eigenvalue weighted by atomic mass is 9.38. The molecule has 0 radical (unpaired) electrons. The van der Waals surface area contributed by atoms with Gasteiger partial charge in [0.25, 0.3) is 0 Å². The number of amides is 2. The second-order valence-electron chi connectivity index (χ2n) is 7.23. The summed E-state index contributed by atoms with van der Waals surface area (Å²) in [6.45, 7) is -2.77. The SMILES string of the molecule is O=C(NCc1ccnc(OC(F)F)c1)NC1(C23CC(F)(C2)C3)CC1. The second-order valence-corrected chi connectivity index (χ2v) is 7.23. The summed E-state index contributed by atoms with van der Waals surface area (Å²) in [5.41, 5.74) is -0.679. The zero-order chi connectivity index (χ0) is 17.0. The van der Waals surface area contributed by atoms with Crippen molar-refractivity contribution in [2.75, 3.05) is 0 Å². The molecule has 0 unspecified atom stereocenters. The summed E-state index contributed by atoms with van der Waals surface area (Å²) in [5.74, 6) is -0.189. The molecule has 130 valence electrons. The maximum atomic E-state index is 13.7. The zero-order valence-electron chi connectivity index (χ0n) is 12.9. The lowest BCUT2D eigenvalue weighted by molar-refractivity contribution is -0.234. The quantitative estimate of drug-likeness (QED) is 0.836. The smallest absolute Gasteiger partial charge is 0.388 e. The molecule has 4 aliphatic rings.